The predicted octanol–water partition coefficient (Wildman–Crippen LogP) is 15.7. The van der Waals surface area contributed by atoms with Gasteiger partial charge in [0.2, 0.25) is 0 Å². The van der Waals surface area contributed by atoms with E-state index in [0.717, 1.165) is 48.5 Å². The van der Waals surface area contributed by atoms with E-state index in [1.807, 2.05) is 24.3 Å². The van der Waals surface area contributed by atoms with Gasteiger partial charge in [-0.15, -0.1) is 0 Å². The fourth-order valence-electron chi connectivity index (χ4n) is 12.9. The Labute approximate surface area is 519 Å². The number of hydrogen-bond acceptors (Lipinski definition) is 12. The molecule has 8 aliphatic heterocycles. The first kappa shape index (κ1) is 69.3. The van der Waals surface area contributed by atoms with Crippen LogP contribution in [0.5, 0.6) is 0 Å². The van der Waals surface area contributed by atoms with Gasteiger partial charge in [-0.05, 0) is 153 Å². The minimum absolute atomic E-state index is 0.00364. The van der Waals surface area contributed by atoms with Crippen LogP contribution in [-0.2, 0) is 46.5 Å². The van der Waals surface area contributed by atoms with Crippen molar-refractivity contribution in [2.75, 3.05) is 4.43 Å². The number of halogens is 1. The molecule has 5 saturated heterocycles. The van der Waals surface area contributed by atoms with Crippen molar-refractivity contribution >= 4 is 59.3 Å². The quantitative estimate of drug-likeness (QED) is 0.0701. The van der Waals surface area contributed by atoms with Crippen LogP contribution in [0.25, 0.3) is 0 Å². The van der Waals surface area contributed by atoms with Crippen LogP contribution in [0.2, 0.25) is 54.4 Å². The van der Waals surface area contributed by atoms with Gasteiger partial charge in [0, 0.05) is 30.1 Å². The maximum absolute atomic E-state index is 14.9. The average Bonchev–Trinajstić information content (AvgIpc) is 3.86. The minimum atomic E-state index is -2.62. The third kappa shape index (κ3) is 16.6. The Morgan fingerprint density at radius 1 is 0.735 bits per heavy atom. The monoisotopic (exact) mass is 1320 g/mol. The van der Waals surface area contributed by atoms with Crippen molar-refractivity contribution in [1.82, 2.24) is 0 Å². The van der Waals surface area contributed by atoms with Crippen LogP contribution in [0, 0.1) is 23.7 Å². The zero-order valence-corrected chi connectivity index (χ0v) is 60.0. The molecule has 1 aromatic rings. The molecule has 9 rings (SSSR count). The van der Waals surface area contributed by atoms with E-state index < -0.39 is 79.3 Å². The maximum Gasteiger partial charge on any atom is 0.338 e. The number of Topliss-reactive ketones (excluding diaryl/α,β-unsaturated/α-hetero) is 1. The highest BCUT2D eigenvalue weighted by atomic mass is 127. The van der Waals surface area contributed by atoms with Crippen molar-refractivity contribution in [3.05, 3.63) is 60.2 Å². The summed E-state index contributed by atoms with van der Waals surface area (Å²) in [6.07, 6.45) is 7.20. The summed E-state index contributed by atoms with van der Waals surface area (Å²) in [6, 6.07) is 9.23. The molecule has 8 heterocycles. The van der Waals surface area contributed by atoms with E-state index in [9.17, 15) is 14.7 Å². The first-order valence-corrected chi connectivity index (χ1v) is 42.5. The van der Waals surface area contributed by atoms with Crippen LogP contribution < -0.4 is 0 Å². The maximum atomic E-state index is 14.9. The van der Waals surface area contributed by atoms with Gasteiger partial charge in [0.15, 0.2) is 25.0 Å². The summed E-state index contributed by atoms with van der Waals surface area (Å²) < 4.78 is 66.8. The summed E-state index contributed by atoms with van der Waals surface area (Å²) in [5.41, 5.74) is 0.810. The molecule has 0 amide bonds. The molecular formula is C67H113IO12Si3. The van der Waals surface area contributed by atoms with E-state index >= 15 is 0 Å². The first-order valence-electron chi connectivity index (χ1n) is 32.2. The number of rotatable bonds is 12. The van der Waals surface area contributed by atoms with Gasteiger partial charge < -0.3 is 46.8 Å². The van der Waals surface area contributed by atoms with Crippen molar-refractivity contribution in [2.24, 2.45) is 23.7 Å². The highest BCUT2D eigenvalue weighted by Crippen LogP contribution is 2.50. The molecule has 12 nitrogen and oxygen atoms in total. The van der Waals surface area contributed by atoms with Gasteiger partial charge in [0.25, 0.3) is 0 Å². The van der Waals surface area contributed by atoms with Gasteiger partial charge in [-0.1, -0.05) is 150 Å². The fraction of sp³-hybridized carbons (Fsp3) is 0.821. The molecular weight excluding hydrogens is 1210 g/mol. The summed E-state index contributed by atoms with van der Waals surface area (Å²) in [7, 11) is -7.79. The normalized spacial score (nSPS) is 37.5. The van der Waals surface area contributed by atoms with Crippen LogP contribution in [0.3, 0.4) is 0 Å². The van der Waals surface area contributed by atoms with Crippen LogP contribution in [0.15, 0.2) is 54.6 Å². The van der Waals surface area contributed by atoms with E-state index in [0.29, 0.717) is 50.0 Å². The Kier molecular flexibility index (Phi) is 23.0. The van der Waals surface area contributed by atoms with Gasteiger partial charge in [-0.3, -0.25) is 4.79 Å². The van der Waals surface area contributed by atoms with Crippen molar-refractivity contribution in [3.63, 3.8) is 0 Å². The molecule has 0 aliphatic carbocycles. The highest BCUT2D eigenvalue weighted by Gasteiger charge is 2.59. The minimum Gasteiger partial charge on any atom is -0.455 e. The summed E-state index contributed by atoms with van der Waals surface area (Å²) in [5.74, 6) is 0.297. The molecule has 0 aromatic heterocycles. The number of aliphatic hydroxyl groups excluding tert-OH is 1. The third-order valence-electron chi connectivity index (χ3n) is 21.8. The van der Waals surface area contributed by atoms with Crippen LogP contribution >= 0.6 is 22.6 Å². The number of carbonyl (C=O) groups excluding carboxylic acids is 2. The number of esters is 1. The van der Waals surface area contributed by atoms with Gasteiger partial charge in [0.05, 0.1) is 60.5 Å². The molecule has 8 aliphatic rings. The first-order chi connectivity index (χ1) is 38.5. The number of alkyl halides is 1. The number of hydrogen-bond donors (Lipinski definition) is 1. The standard InChI is InChI=1S/C67H113IO12Si3/c1-21-42(2)35-56-45(5)52-38-47(69)37-49-30-32-54-59(73-49)61(79-82(17,18)65(9,10)11)62(80-83(19,20)66(12,13)14)60(76-54)55(78-81(15,16)64(6,7)8)33-29-48(74-63(71)46-25-23-22-24-26-46)27-28-51-40-67(41-68)58(72-51)34-31-50(77-67)36-43(3)44(4)53(70)39-57(52)75-56/h22-26,29,33,42-43,45,48-62,70H,4,21,27-28,30-32,34-41H2,1-3,5-20H3/b33-29+/t42-,43-,45-,48?,49-,50?,51+,52?,53-,54+,55+,56-,57+,58+,59+,60+,61+,62-,67-/m1/s1. The summed E-state index contributed by atoms with van der Waals surface area (Å²) in [5, 5.41) is 11.6. The lowest BCUT2D eigenvalue weighted by atomic mass is 9.79. The molecule has 5 fully saturated rings. The topological polar surface area (TPSA) is 137 Å². The zero-order chi connectivity index (χ0) is 61.4. The number of benzene rings is 1. The molecule has 1 N–H and O–H groups in total. The molecule has 7 bridgehead atoms. The van der Waals surface area contributed by atoms with Crippen molar-refractivity contribution in [3.8, 4) is 0 Å². The molecule has 19 atom stereocenters. The van der Waals surface area contributed by atoms with E-state index in [2.05, 4.69) is 165 Å². The number of aliphatic hydroxyl groups is 1. The Morgan fingerprint density at radius 2 is 1.33 bits per heavy atom. The Morgan fingerprint density at radius 3 is 1.93 bits per heavy atom. The van der Waals surface area contributed by atoms with Gasteiger partial charge in [-0.2, -0.15) is 0 Å². The van der Waals surface area contributed by atoms with Gasteiger partial charge >= 0.3 is 5.97 Å². The predicted molar refractivity (Wildman–Crippen MR) is 349 cm³/mol. The second kappa shape index (κ2) is 27.5. The molecule has 0 saturated carbocycles. The number of fused-ring (bicyclic) bond motifs is 2. The zero-order valence-electron chi connectivity index (χ0n) is 54.9. The van der Waals surface area contributed by atoms with Gasteiger partial charge in [0.1, 0.15) is 41.9 Å². The lowest BCUT2D eigenvalue weighted by Crippen LogP contribution is -2.69. The van der Waals surface area contributed by atoms with Crippen molar-refractivity contribution in [2.45, 2.75) is 319 Å². The highest BCUT2D eigenvalue weighted by molar-refractivity contribution is 14.1. The van der Waals surface area contributed by atoms with E-state index in [1.54, 1.807) is 12.1 Å². The number of carbonyl (C=O) groups is 2. The third-order valence-corrected chi connectivity index (χ3v) is 36.5. The summed E-state index contributed by atoms with van der Waals surface area (Å²) in [4.78, 5) is 29.1. The van der Waals surface area contributed by atoms with Crippen LogP contribution in [0.1, 0.15) is 184 Å². The molecule has 0 radical (unpaired) electrons. The molecule has 83 heavy (non-hydrogen) atoms. The van der Waals surface area contributed by atoms with E-state index in [1.165, 1.54) is 0 Å². The van der Waals surface area contributed by atoms with E-state index in [-0.39, 0.29) is 87.8 Å². The number of ketones is 1. The largest absolute Gasteiger partial charge is 0.455 e. The summed E-state index contributed by atoms with van der Waals surface area (Å²) in [6.45, 7) is 47.7. The Hall–Kier alpha value is -1.14. The average molecular weight is 1320 g/mol. The Bertz CT molecular complexity index is 2350. The van der Waals surface area contributed by atoms with Crippen LogP contribution in [0.4, 0.5) is 0 Å². The van der Waals surface area contributed by atoms with Crippen molar-refractivity contribution < 1.29 is 56.4 Å². The lowest BCUT2D eigenvalue weighted by Gasteiger charge is -2.56. The second-order valence-corrected chi connectivity index (χ2v) is 46.1. The molecule has 0 spiro atoms. The number of ether oxygens (including phenoxy) is 6. The fourth-order valence-corrected chi connectivity index (χ4v) is 17.7. The lowest BCUT2D eigenvalue weighted by molar-refractivity contribution is -0.266. The second-order valence-electron chi connectivity index (χ2n) is 31.1. The molecule has 1 aromatic carbocycles. The summed E-state index contributed by atoms with van der Waals surface area (Å²) >= 11 is 2.48. The van der Waals surface area contributed by atoms with E-state index in [4.69, 9.17) is 41.7 Å². The smallest absolute Gasteiger partial charge is 0.338 e. The molecule has 3 unspecified atom stereocenters. The molecule has 16 heteroatoms. The Balaban J connectivity index is 1.35. The SMILES string of the molecule is C=C1[C@H](C)CC2CC[C@@H]3O[C@@H](CCC(OC(=O)c4ccccc4)/C=C/[C@H](O[Si](C)(C)C(C)(C)C)[C@@H]4O[C@H]5CC[C@H](CC(=O)CC6[C@H](C[C@H]1O)O[C@H](C[C@H](C)CC)[C@@H]6C)O[C@@H]5[C@H](O[Si](C)(C)C(C)(C)C)[C@@H]4O[Si](C)(C)C(C)(C)C)C[C@]3(CI)O2. The van der Waals surface area contributed by atoms with Crippen LogP contribution in [-0.4, -0.2) is 137 Å². The van der Waals surface area contributed by atoms with Crippen molar-refractivity contribution in [1.29, 1.82) is 0 Å². The molecule has 472 valence electrons. The van der Waals surface area contributed by atoms with Gasteiger partial charge in [-0.25, -0.2) is 4.79 Å².